The SMILES string of the molecule is CCCN(CC(=O)Nc1ccccc1C)C(=O)c1nc(-c2ccccc2)oc1C. The van der Waals surface area contributed by atoms with E-state index in [0.29, 0.717) is 18.2 Å². The van der Waals surface area contributed by atoms with E-state index in [0.717, 1.165) is 23.2 Å². The summed E-state index contributed by atoms with van der Waals surface area (Å²) in [4.78, 5) is 31.5. The number of carbonyl (C=O) groups excluding carboxylic acids is 2. The summed E-state index contributed by atoms with van der Waals surface area (Å²) in [6, 6.07) is 17.0. The normalized spacial score (nSPS) is 10.6. The molecule has 0 aliphatic heterocycles. The van der Waals surface area contributed by atoms with Gasteiger partial charge in [-0.2, -0.15) is 0 Å². The number of aryl methyl sites for hydroxylation is 2. The molecule has 2 amide bonds. The van der Waals surface area contributed by atoms with Crippen molar-refractivity contribution < 1.29 is 14.0 Å². The minimum Gasteiger partial charge on any atom is -0.441 e. The molecule has 0 saturated carbocycles. The topological polar surface area (TPSA) is 75.4 Å². The molecule has 0 aliphatic rings. The van der Waals surface area contributed by atoms with Gasteiger partial charge in [0.05, 0.1) is 0 Å². The van der Waals surface area contributed by atoms with Crippen LogP contribution in [0, 0.1) is 13.8 Å². The standard InChI is InChI=1S/C23H25N3O3/c1-4-14-26(15-20(27)24-19-13-9-8-10-16(19)2)23(28)21-17(3)29-22(25-21)18-11-6-5-7-12-18/h5-13H,4,14-15H2,1-3H3,(H,24,27). The van der Waals surface area contributed by atoms with Crippen LogP contribution < -0.4 is 5.32 Å². The lowest BCUT2D eigenvalue weighted by Crippen LogP contribution is -2.39. The van der Waals surface area contributed by atoms with Crippen LogP contribution in [0.25, 0.3) is 11.5 Å². The Kier molecular flexibility index (Phi) is 6.44. The second kappa shape index (κ2) is 9.19. The van der Waals surface area contributed by atoms with E-state index >= 15 is 0 Å². The number of para-hydroxylation sites is 1. The van der Waals surface area contributed by atoms with Gasteiger partial charge in [0.25, 0.3) is 5.91 Å². The molecule has 29 heavy (non-hydrogen) atoms. The highest BCUT2D eigenvalue weighted by Gasteiger charge is 2.24. The first-order valence-corrected chi connectivity index (χ1v) is 9.67. The average Bonchev–Trinajstić information content (AvgIpc) is 3.11. The first-order valence-electron chi connectivity index (χ1n) is 9.67. The summed E-state index contributed by atoms with van der Waals surface area (Å²) in [5.41, 5.74) is 2.74. The molecule has 0 spiro atoms. The van der Waals surface area contributed by atoms with Gasteiger partial charge in [0.1, 0.15) is 12.3 Å². The minimum absolute atomic E-state index is 0.0476. The summed E-state index contributed by atoms with van der Waals surface area (Å²) in [6.07, 6.45) is 0.728. The highest BCUT2D eigenvalue weighted by molar-refractivity contribution is 5.99. The van der Waals surface area contributed by atoms with Crippen LogP contribution in [0.4, 0.5) is 5.69 Å². The maximum Gasteiger partial charge on any atom is 0.276 e. The summed E-state index contributed by atoms with van der Waals surface area (Å²) in [5, 5.41) is 2.87. The third kappa shape index (κ3) is 4.90. The van der Waals surface area contributed by atoms with E-state index in [1.54, 1.807) is 6.92 Å². The first-order chi connectivity index (χ1) is 14.0. The van der Waals surface area contributed by atoms with E-state index in [2.05, 4.69) is 10.3 Å². The summed E-state index contributed by atoms with van der Waals surface area (Å²) in [5.74, 6) is 0.280. The van der Waals surface area contributed by atoms with Crippen molar-refractivity contribution in [1.82, 2.24) is 9.88 Å². The van der Waals surface area contributed by atoms with Gasteiger partial charge in [0.2, 0.25) is 11.8 Å². The predicted octanol–water partition coefficient (Wildman–Crippen LogP) is 4.45. The van der Waals surface area contributed by atoms with E-state index in [9.17, 15) is 9.59 Å². The Morgan fingerprint density at radius 2 is 1.72 bits per heavy atom. The lowest BCUT2D eigenvalue weighted by molar-refractivity contribution is -0.116. The molecule has 150 valence electrons. The molecule has 0 atom stereocenters. The highest BCUT2D eigenvalue weighted by atomic mass is 16.4. The van der Waals surface area contributed by atoms with Crippen molar-refractivity contribution in [2.45, 2.75) is 27.2 Å². The number of aromatic nitrogens is 1. The molecular formula is C23H25N3O3. The zero-order valence-corrected chi connectivity index (χ0v) is 16.9. The molecule has 0 radical (unpaired) electrons. The van der Waals surface area contributed by atoms with Crippen LogP contribution in [0.2, 0.25) is 0 Å². The van der Waals surface area contributed by atoms with Crippen molar-refractivity contribution in [3.8, 4) is 11.5 Å². The smallest absolute Gasteiger partial charge is 0.276 e. The van der Waals surface area contributed by atoms with Crippen molar-refractivity contribution >= 4 is 17.5 Å². The largest absolute Gasteiger partial charge is 0.441 e. The number of nitrogens with zero attached hydrogens (tertiary/aromatic N) is 2. The summed E-state index contributed by atoms with van der Waals surface area (Å²) < 4.78 is 5.71. The van der Waals surface area contributed by atoms with Crippen LogP contribution in [-0.4, -0.2) is 34.8 Å². The van der Waals surface area contributed by atoms with E-state index < -0.39 is 0 Å². The fourth-order valence-corrected chi connectivity index (χ4v) is 3.05. The second-order valence-electron chi connectivity index (χ2n) is 6.88. The summed E-state index contributed by atoms with van der Waals surface area (Å²) in [7, 11) is 0. The Labute approximate surface area is 170 Å². The van der Waals surface area contributed by atoms with Crippen LogP contribution in [0.1, 0.15) is 35.2 Å². The van der Waals surface area contributed by atoms with Gasteiger partial charge < -0.3 is 14.6 Å². The van der Waals surface area contributed by atoms with E-state index in [4.69, 9.17) is 4.42 Å². The predicted molar refractivity (Wildman–Crippen MR) is 113 cm³/mol. The Balaban J connectivity index is 1.77. The molecule has 0 saturated heterocycles. The third-order valence-corrected chi connectivity index (χ3v) is 4.55. The molecule has 6 heteroatoms. The molecule has 0 unspecified atom stereocenters. The maximum atomic E-state index is 13.1. The molecule has 3 rings (SSSR count). The van der Waals surface area contributed by atoms with Gasteiger partial charge in [-0.3, -0.25) is 9.59 Å². The van der Waals surface area contributed by atoms with E-state index in [-0.39, 0.29) is 24.1 Å². The number of rotatable bonds is 7. The van der Waals surface area contributed by atoms with E-state index in [1.165, 1.54) is 4.90 Å². The lowest BCUT2D eigenvalue weighted by atomic mass is 10.2. The Morgan fingerprint density at radius 1 is 1.03 bits per heavy atom. The molecule has 1 N–H and O–H groups in total. The summed E-state index contributed by atoms with van der Waals surface area (Å²) >= 11 is 0. The van der Waals surface area contributed by atoms with Crippen molar-refractivity contribution in [1.29, 1.82) is 0 Å². The van der Waals surface area contributed by atoms with Gasteiger partial charge in [-0.15, -0.1) is 0 Å². The molecule has 1 heterocycles. The molecule has 0 aliphatic carbocycles. The molecule has 2 aromatic carbocycles. The van der Waals surface area contributed by atoms with Gasteiger partial charge in [-0.05, 0) is 44.0 Å². The first kappa shape index (κ1) is 20.3. The zero-order chi connectivity index (χ0) is 20.8. The Hall–Kier alpha value is -3.41. The van der Waals surface area contributed by atoms with Crippen LogP contribution in [0.5, 0.6) is 0 Å². The molecule has 0 bridgehead atoms. The highest BCUT2D eigenvalue weighted by Crippen LogP contribution is 2.22. The second-order valence-corrected chi connectivity index (χ2v) is 6.88. The maximum absolute atomic E-state index is 13.1. The van der Waals surface area contributed by atoms with Crippen molar-refractivity contribution in [3.63, 3.8) is 0 Å². The monoisotopic (exact) mass is 391 g/mol. The lowest BCUT2D eigenvalue weighted by Gasteiger charge is -2.21. The average molecular weight is 391 g/mol. The van der Waals surface area contributed by atoms with Crippen LogP contribution in [0.3, 0.4) is 0 Å². The number of oxazole rings is 1. The number of anilines is 1. The van der Waals surface area contributed by atoms with Crippen LogP contribution in [-0.2, 0) is 4.79 Å². The van der Waals surface area contributed by atoms with Gasteiger partial charge in [-0.25, -0.2) is 4.98 Å². The Bertz CT molecular complexity index is 996. The number of hydrogen-bond donors (Lipinski definition) is 1. The number of nitrogens with one attached hydrogen (secondary N) is 1. The zero-order valence-electron chi connectivity index (χ0n) is 16.9. The van der Waals surface area contributed by atoms with Crippen LogP contribution in [0.15, 0.2) is 59.0 Å². The van der Waals surface area contributed by atoms with Gasteiger partial charge in [-0.1, -0.05) is 43.3 Å². The summed E-state index contributed by atoms with van der Waals surface area (Å²) in [6.45, 7) is 6.00. The number of amides is 2. The molecule has 1 aromatic heterocycles. The fraction of sp³-hybridized carbons (Fsp3) is 0.261. The molecule has 0 fully saturated rings. The molecule has 3 aromatic rings. The number of benzene rings is 2. The van der Waals surface area contributed by atoms with Gasteiger partial charge >= 0.3 is 0 Å². The number of hydrogen-bond acceptors (Lipinski definition) is 4. The minimum atomic E-state index is -0.310. The molecular weight excluding hydrogens is 366 g/mol. The Morgan fingerprint density at radius 3 is 2.41 bits per heavy atom. The van der Waals surface area contributed by atoms with Crippen molar-refractivity contribution in [2.75, 3.05) is 18.4 Å². The van der Waals surface area contributed by atoms with Crippen molar-refractivity contribution in [3.05, 3.63) is 71.6 Å². The van der Waals surface area contributed by atoms with E-state index in [1.807, 2.05) is 68.4 Å². The quantitative estimate of drug-likeness (QED) is 0.646. The van der Waals surface area contributed by atoms with Crippen LogP contribution >= 0.6 is 0 Å². The van der Waals surface area contributed by atoms with Gasteiger partial charge in [0, 0.05) is 17.8 Å². The molecule has 6 nitrogen and oxygen atoms in total. The number of carbonyl (C=O) groups is 2. The van der Waals surface area contributed by atoms with Crippen molar-refractivity contribution in [2.24, 2.45) is 0 Å². The van der Waals surface area contributed by atoms with Gasteiger partial charge in [0.15, 0.2) is 5.69 Å². The fourth-order valence-electron chi connectivity index (χ4n) is 3.05. The third-order valence-electron chi connectivity index (χ3n) is 4.55.